The van der Waals surface area contributed by atoms with Gasteiger partial charge in [-0.1, -0.05) is 24.9 Å². The Labute approximate surface area is 103 Å². The Morgan fingerprint density at radius 1 is 1.44 bits per heavy atom. The molecule has 0 radical (unpaired) electrons. The molecule has 2 aromatic rings. The van der Waals surface area contributed by atoms with Crippen molar-refractivity contribution in [2.45, 2.75) is 19.8 Å². The van der Waals surface area contributed by atoms with Crippen LogP contribution in [0.2, 0.25) is 5.02 Å². The summed E-state index contributed by atoms with van der Waals surface area (Å²) in [5, 5.41) is 3.30. The van der Waals surface area contributed by atoms with Gasteiger partial charge in [-0.05, 0) is 24.6 Å². The van der Waals surface area contributed by atoms with Crippen LogP contribution in [0.5, 0.6) is 0 Å². The summed E-state index contributed by atoms with van der Waals surface area (Å²) in [6, 6.07) is 4.39. The fourth-order valence-electron chi connectivity index (χ4n) is 1.46. The highest BCUT2D eigenvalue weighted by atomic mass is 35.5. The molecule has 1 nitrogen and oxygen atoms in total. The van der Waals surface area contributed by atoms with E-state index in [0.717, 1.165) is 29.1 Å². The number of aromatic nitrogens is 1. The molecular formula is C12H11ClFNS. The first kappa shape index (κ1) is 11.6. The van der Waals surface area contributed by atoms with Gasteiger partial charge in [0.1, 0.15) is 10.8 Å². The number of rotatable bonds is 3. The van der Waals surface area contributed by atoms with Gasteiger partial charge in [-0.25, -0.2) is 9.37 Å². The first-order valence-electron chi connectivity index (χ1n) is 5.10. The molecule has 0 spiro atoms. The van der Waals surface area contributed by atoms with E-state index in [-0.39, 0.29) is 5.82 Å². The number of hydrogen-bond acceptors (Lipinski definition) is 2. The van der Waals surface area contributed by atoms with E-state index in [4.69, 9.17) is 11.6 Å². The van der Waals surface area contributed by atoms with Gasteiger partial charge in [0, 0.05) is 10.9 Å². The molecule has 0 unspecified atom stereocenters. The predicted molar refractivity (Wildman–Crippen MR) is 66.5 cm³/mol. The van der Waals surface area contributed by atoms with Gasteiger partial charge in [0.05, 0.1) is 10.7 Å². The summed E-state index contributed by atoms with van der Waals surface area (Å²) in [6.07, 6.45) is 2.04. The Kier molecular flexibility index (Phi) is 3.56. The zero-order valence-corrected chi connectivity index (χ0v) is 10.4. The molecule has 0 saturated carbocycles. The smallest absolute Gasteiger partial charge is 0.125 e. The summed E-state index contributed by atoms with van der Waals surface area (Å²) in [4.78, 5) is 4.47. The lowest BCUT2D eigenvalue weighted by Crippen LogP contribution is -1.84. The average molecular weight is 256 g/mol. The van der Waals surface area contributed by atoms with Crippen LogP contribution in [0.25, 0.3) is 10.6 Å². The highest BCUT2D eigenvalue weighted by Crippen LogP contribution is 2.31. The molecule has 4 heteroatoms. The third-order valence-corrected chi connectivity index (χ3v) is 3.46. The van der Waals surface area contributed by atoms with E-state index < -0.39 is 0 Å². The largest absolute Gasteiger partial charge is 0.241 e. The van der Waals surface area contributed by atoms with Crippen LogP contribution >= 0.6 is 22.9 Å². The minimum Gasteiger partial charge on any atom is -0.241 e. The van der Waals surface area contributed by atoms with Crippen molar-refractivity contribution in [3.63, 3.8) is 0 Å². The second-order valence-corrected chi connectivity index (χ2v) is 4.78. The van der Waals surface area contributed by atoms with Crippen molar-refractivity contribution >= 4 is 22.9 Å². The topological polar surface area (TPSA) is 12.9 Å². The fourth-order valence-corrected chi connectivity index (χ4v) is 2.67. The van der Waals surface area contributed by atoms with Crippen LogP contribution in [0.4, 0.5) is 4.39 Å². The van der Waals surface area contributed by atoms with Crippen molar-refractivity contribution < 1.29 is 4.39 Å². The zero-order valence-electron chi connectivity index (χ0n) is 8.84. The van der Waals surface area contributed by atoms with E-state index in [0.29, 0.717) is 5.02 Å². The first-order valence-corrected chi connectivity index (χ1v) is 6.36. The molecule has 0 amide bonds. The fraction of sp³-hybridized carbons (Fsp3) is 0.250. The highest BCUT2D eigenvalue weighted by Gasteiger charge is 2.08. The molecule has 1 aromatic carbocycles. The number of halogens is 2. The number of aryl methyl sites for hydroxylation is 1. The Bertz CT molecular complexity index is 496. The summed E-state index contributed by atoms with van der Waals surface area (Å²) in [6.45, 7) is 2.11. The Morgan fingerprint density at radius 3 is 2.94 bits per heavy atom. The van der Waals surface area contributed by atoms with Crippen molar-refractivity contribution in [3.8, 4) is 10.6 Å². The summed E-state index contributed by atoms with van der Waals surface area (Å²) < 4.78 is 12.9. The number of hydrogen-bond donors (Lipinski definition) is 0. The maximum Gasteiger partial charge on any atom is 0.125 e. The quantitative estimate of drug-likeness (QED) is 0.784. The Morgan fingerprint density at radius 2 is 2.25 bits per heavy atom. The lowest BCUT2D eigenvalue weighted by Gasteiger charge is -1.99. The molecule has 0 fully saturated rings. The van der Waals surface area contributed by atoms with Crippen molar-refractivity contribution in [1.82, 2.24) is 4.98 Å². The minimum absolute atomic E-state index is 0.320. The van der Waals surface area contributed by atoms with E-state index in [1.807, 2.05) is 5.38 Å². The van der Waals surface area contributed by atoms with Crippen LogP contribution in [-0.2, 0) is 6.42 Å². The Hall–Kier alpha value is -0.930. The van der Waals surface area contributed by atoms with Crippen LogP contribution in [0.1, 0.15) is 19.0 Å². The molecule has 0 aliphatic heterocycles. The molecular weight excluding hydrogens is 245 g/mol. The van der Waals surface area contributed by atoms with Crippen molar-refractivity contribution in [2.24, 2.45) is 0 Å². The van der Waals surface area contributed by atoms with Gasteiger partial charge < -0.3 is 0 Å². The van der Waals surface area contributed by atoms with Crippen LogP contribution in [0.15, 0.2) is 23.6 Å². The average Bonchev–Trinajstić information content (AvgIpc) is 2.67. The van der Waals surface area contributed by atoms with E-state index in [9.17, 15) is 4.39 Å². The molecule has 16 heavy (non-hydrogen) atoms. The summed E-state index contributed by atoms with van der Waals surface area (Å²) in [5.41, 5.74) is 1.87. The first-order chi connectivity index (χ1) is 7.70. The zero-order chi connectivity index (χ0) is 11.5. The maximum absolute atomic E-state index is 12.9. The molecule has 1 heterocycles. The normalized spacial score (nSPS) is 10.7. The molecule has 0 saturated heterocycles. The lowest BCUT2D eigenvalue weighted by atomic mass is 10.2. The third kappa shape index (κ3) is 2.42. The number of nitrogens with zero attached hydrogens (tertiary/aromatic N) is 1. The predicted octanol–water partition coefficient (Wildman–Crippen LogP) is 4.56. The van der Waals surface area contributed by atoms with E-state index in [1.54, 1.807) is 17.4 Å². The molecule has 2 rings (SSSR count). The molecule has 0 aliphatic rings. The van der Waals surface area contributed by atoms with E-state index in [1.165, 1.54) is 12.1 Å². The van der Waals surface area contributed by atoms with Crippen molar-refractivity contribution in [3.05, 3.63) is 40.1 Å². The van der Waals surface area contributed by atoms with Crippen molar-refractivity contribution in [1.29, 1.82) is 0 Å². The number of thiazole rings is 1. The van der Waals surface area contributed by atoms with Gasteiger partial charge in [0.2, 0.25) is 0 Å². The van der Waals surface area contributed by atoms with E-state index >= 15 is 0 Å². The molecule has 0 aliphatic carbocycles. The van der Waals surface area contributed by atoms with Crippen LogP contribution in [0.3, 0.4) is 0 Å². The lowest BCUT2D eigenvalue weighted by molar-refractivity contribution is 0.628. The van der Waals surface area contributed by atoms with Gasteiger partial charge >= 0.3 is 0 Å². The molecule has 0 N–H and O–H groups in total. The second kappa shape index (κ2) is 4.93. The maximum atomic E-state index is 12.9. The summed E-state index contributed by atoms with van der Waals surface area (Å²) >= 11 is 7.52. The standard InChI is InChI=1S/C12H11ClFNS/c1-2-3-9-7-16-12(15-9)10-5-4-8(14)6-11(10)13/h4-7H,2-3H2,1H3. The molecule has 1 aromatic heterocycles. The summed E-state index contributed by atoms with van der Waals surface area (Å²) in [7, 11) is 0. The minimum atomic E-state index is -0.320. The van der Waals surface area contributed by atoms with Gasteiger partial charge in [-0.15, -0.1) is 11.3 Å². The SMILES string of the molecule is CCCc1csc(-c2ccc(F)cc2Cl)n1. The Balaban J connectivity index is 2.35. The number of benzene rings is 1. The van der Waals surface area contributed by atoms with Gasteiger partial charge in [0.15, 0.2) is 0 Å². The molecule has 0 bridgehead atoms. The third-order valence-electron chi connectivity index (χ3n) is 2.22. The van der Waals surface area contributed by atoms with E-state index in [2.05, 4.69) is 11.9 Å². The monoisotopic (exact) mass is 255 g/mol. The van der Waals surface area contributed by atoms with Gasteiger partial charge in [0.25, 0.3) is 0 Å². The second-order valence-electron chi connectivity index (χ2n) is 3.52. The summed E-state index contributed by atoms with van der Waals surface area (Å²) in [5.74, 6) is -0.320. The van der Waals surface area contributed by atoms with Gasteiger partial charge in [-0.3, -0.25) is 0 Å². The highest BCUT2D eigenvalue weighted by molar-refractivity contribution is 7.13. The van der Waals surface area contributed by atoms with Gasteiger partial charge in [-0.2, -0.15) is 0 Å². The van der Waals surface area contributed by atoms with Crippen LogP contribution in [0, 0.1) is 5.82 Å². The van der Waals surface area contributed by atoms with Crippen LogP contribution < -0.4 is 0 Å². The molecule has 0 atom stereocenters. The van der Waals surface area contributed by atoms with Crippen LogP contribution in [-0.4, -0.2) is 4.98 Å². The molecule has 84 valence electrons. The van der Waals surface area contributed by atoms with Crippen molar-refractivity contribution in [2.75, 3.05) is 0 Å².